The third-order valence-corrected chi connectivity index (χ3v) is 6.72. The Morgan fingerprint density at radius 3 is 2.52 bits per heavy atom. The third-order valence-electron chi connectivity index (χ3n) is 4.97. The van der Waals surface area contributed by atoms with Crippen LogP contribution >= 0.6 is 0 Å². The van der Waals surface area contributed by atoms with Gasteiger partial charge in [-0.25, -0.2) is 8.42 Å². The van der Waals surface area contributed by atoms with Crippen LogP contribution in [-0.2, 0) is 27.7 Å². The summed E-state index contributed by atoms with van der Waals surface area (Å²) in [6, 6.07) is 11.6. The van der Waals surface area contributed by atoms with Gasteiger partial charge in [-0.05, 0) is 31.0 Å². The zero-order chi connectivity index (χ0) is 19.4. The van der Waals surface area contributed by atoms with E-state index in [9.17, 15) is 13.2 Å². The van der Waals surface area contributed by atoms with Gasteiger partial charge in [-0.1, -0.05) is 29.8 Å². The van der Waals surface area contributed by atoms with Gasteiger partial charge in [0.25, 0.3) is 0 Å². The monoisotopic (exact) mass is 390 g/mol. The van der Waals surface area contributed by atoms with E-state index in [1.54, 1.807) is 24.3 Å². The third kappa shape index (κ3) is 5.43. The quantitative estimate of drug-likeness (QED) is 0.725. The van der Waals surface area contributed by atoms with Crippen molar-refractivity contribution in [3.63, 3.8) is 0 Å². The molecule has 2 heterocycles. The Labute approximate surface area is 160 Å². The molecule has 1 aliphatic rings. The van der Waals surface area contributed by atoms with E-state index < -0.39 is 9.84 Å². The molecule has 27 heavy (non-hydrogen) atoms. The molecule has 2 aromatic rings. The molecule has 1 fully saturated rings. The molecule has 0 spiro atoms. The summed E-state index contributed by atoms with van der Waals surface area (Å²) in [6.07, 6.45) is 2.14. The second-order valence-electron chi connectivity index (χ2n) is 7.28. The zero-order valence-corrected chi connectivity index (χ0v) is 16.6. The number of hydrogen-bond donors (Lipinski definition) is 0. The van der Waals surface area contributed by atoms with E-state index in [2.05, 4.69) is 0 Å². The van der Waals surface area contributed by atoms with E-state index in [1.165, 1.54) is 5.56 Å². The molecule has 1 atom stereocenters. The topological polar surface area (TPSA) is 70.8 Å². The summed E-state index contributed by atoms with van der Waals surface area (Å²) in [7, 11) is -1.25. The van der Waals surface area contributed by atoms with E-state index in [1.807, 2.05) is 42.2 Å². The number of likely N-dealkylation sites (N-methyl/N-ethyl adjacent to an activating group) is 1. The fourth-order valence-electron chi connectivity index (χ4n) is 3.33. The van der Waals surface area contributed by atoms with Crippen LogP contribution in [0.5, 0.6) is 0 Å². The number of carbonyl (C=O) groups is 1. The fraction of sp³-hybridized carbons (Fsp3) is 0.450. The highest BCUT2D eigenvalue weighted by atomic mass is 32.2. The number of rotatable bonds is 7. The molecule has 0 N–H and O–H groups in total. The number of hydrogen-bond acceptors (Lipinski definition) is 5. The highest BCUT2D eigenvalue weighted by molar-refractivity contribution is 7.91. The number of furan rings is 1. The molecule has 1 saturated heterocycles. The van der Waals surface area contributed by atoms with Gasteiger partial charge in [0, 0.05) is 19.6 Å². The largest absolute Gasteiger partial charge is 0.468 e. The van der Waals surface area contributed by atoms with Crippen molar-refractivity contribution >= 4 is 15.7 Å². The maximum absolute atomic E-state index is 12.8. The summed E-state index contributed by atoms with van der Waals surface area (Å²) in [5.41, 5.74) is 2.25. The lowest BCUT2D eigenvalue weighted by Gasteiger charge is -2.28. The van der Waals surface area contributed by atoms with Crippen LogP contribution < -0.4 is 0 Å². The number of benzene rings is 1. The molecule has 0 saturated carbocycles. The van der Waals surface area contributed by atoms with Crippen molar-refractivity contribution in [3.05, 3.63) is 59.5 Å². The first-order valence-electron chi connectivity index (χ1n) is 9.09. The van der Waals surface area contributed by atoms with Gasteiger partial charge in [0.1, 0.15) is 5.76 Å². The predicted molar refractivity (Wildman–Crippen MR) is 104 cm³/mol. The first-order valence-corrected chi connectivity index (χ1v) is 10.9. The van der Waals surface area contributed by atoms with E-state index in [-0.39, 0.29) is 30.0 Å². The molecular formula is C20H26N2O4S. The highest BCUT2D eigenvalue weighted by Gasteiger charge is 2.33. The second-order valence-corrected chi connectivity index (χ2v) is 9.51. The molecule has 146 valence electrons. The van der Waals surface area contributed by atoms with Crippen molar-refractivity contribution < 1.29 is 17.6 Å². The molecule has 3 rings (SSSR count). The predicted octanol–water partition coefficient (Wildman–Crippen LogP) is 2.24. The average Bonchev–Trinajstić information content (AvgIpc) is 3.25. The minimum absolute atomic E-state index is 0.0357. The number of carbonyl (C=O) groups excluding carboxylic acids is 1. The van der Waals surface area contributed by atoms with Gasteiger partial charge in [0.15, 0.2) is 9.84 Å². The summed E-state index contributed by atoms with van der Waals surface area (Å²) in [5.74, 6) is 0.974. The Morgan fingerprint density at radius 2 is 1.93 bits per heavy atom. The first kappa shape index (κ1) is 19.6. The zero-order valence-electron chi connectivity index (χ0n) is 15.8. The maximum atomic E-state index is 12.8. The van der Waals surface area contributed by atoms with E-state index in [0.717, 1.165) is 11.3 Å². The summed E-state index contributed by atoms with van der Waals surface area (Å²) in [4.78, 5) is 16.4. The minimum atomic E-state index is -3.03. The number of aryl methyl sites for hydroxylation is 1. The molecule has 0 radical (unpaired) electrons. The molecule has 1 aromatic carbocycles. The molecule has 0 unspecified atom stereocenters. The molecule has 7 heteroatoms. The van der Waals surface area contributed by atoms with Crippen molar-refractivity contribution in [3.8, 4) is 0 Å². The first-order chi connectivity index (χ1) is 12.8. The standard InChI is InChI=1S/C20H26N2O4S/c1-16-5-7-17(8-6-16)12-21(2)20(23)14-22(13-19-4-3-10-26-19)18-9-11-27(24,25)15-18/h3-8,10,18H,9,11-15H2,1-2H3/t18-/m1/s1. The molecule has 1 amide bonds. The molecule has 0 bridgehead atoms. The smallest absolute Gasteiger partial charge is 0.236 e. The van der Waals surface area contributed by atoms with Gasteiger partial charge in [0.2, 0.25) is 5.91 Å². The normalized spacial score (nSPS) is 18.7. The lowest BCUT2D eigenvalue weighted by molar-refractivity contribution is -0.132. The van der Waals surface area contributed by atoms with Gasteiger partial charge < -0.3 is 9.32 Å². The Bertz CT molecular complexity index is 860. The van der Waals surface area contributed by atoms with Gasteiger partial charge >= 0.3 is 0 Å². The Hall–Kier alpha value is -2.12. The van der Waals surface area contributed by atoms with Gasteiger partial charge in [-0.15, -0.1) is 0 Å². The summed E-state index contributed by atoms with van der Waals surface area (Å²) in [6.45, 7) is 3.15. The summed E-state index contributed by atoms with van der Waals surface area (Å²) >= 11 is 0. The second kappa shape index (κ2) is 8.27. The van der Waals surface area contributed by atoms with Crippen molar-refractivity contribution in [2.24, 2.45) is 0 Å². The van der Waals surface area contributed by atoms with Crippen molar-refractivity contribution in [2.45, 2.75) is 32.5 Å². The summed E-state index contributed by atoms with van der Waals surface area (Å²) < 4.78 is 29.2. The number of nitrogens with zero attached hydrogens (tertiary/aromatic N) is 2. The van der Waals surface area contributed by atoms with Crippen LogP contribution in [-0.4, -0.2) is 55.3 Å². The van der Waals surface area contributed by atoms with Gasteiger partial charge in [-0.2, -0.15) is 0 Å². The van der Waals surface area contributed by atoms with Crippen LogP contribution in [0, 0.1) is 6.92 Å². The van der Waals surface area contributed by atoms with E-state index >= 15 is 0 Å². The molecule has 1 aromatic heterocycles. The fourth-order valence-corrected chi connectivity index (χ4v) is 5.09. The Kier molecular flexibility index (Phi) is 6.01. The molecular weight excluding hydrogens is 364 g/mol. The molecule has 0 aliphatic carbocycles. The van der Waals surface area contributed by atoms with Crippen LogP contribution in [0.1, 0.15) is 23.3 Å². The van der Waals surface area contributed by atoms with Gasteiger partial charge in [0.05, 0.1) is 30.9 Å². The highest BCUT2D eigenvalue weighted by Crippen LogP contribution is 2.20. The van der Waals surface area contributed by atoms with E-state index in [0.29, 0.717) is 19.5 Å². The Balaban J connectivity index is 1.66. The van der Waals surface area contributed by atoms with Gasteiger partial charge in [-0.3, -0.25) is 9.69 Å². The lowest BCUT2D eigenvalue weighted by atomic mass is 10.1. The molecule has 6 nitrogen and oxygen atoms in total. The average molecular weight is 391 g/mol. The van der Waals surface area contributed by atoms with E-state index in [4.69, 9.17) is 4.42 Å². The van der Waals surface area contributed by atoms with Crippen LogP contribution in [0.15, 0.2) is 47.1 Å². The minimum Gasteiger partial charge on any atom is -0.468 e. The van der Waals surface area contributed by atoms with Crippen LogP contribution in [0.3, 0.4) is 0 Å². The van der Waals surface area contributed by atoms with Crippen LogP contribution in [0.25, 0.3) is 0 Å². The maximum Gasteiger partial charge on any atom is 0.236 e. The van der Waals surface area contributed by atoms with Crippen molar-refractivity contribution in [1.29, 1.82) is 0 Å². The van der Waals surface area contributed by atoms with Crippen molar-refractivity contribution in [2.75, 3.05) is 25.1 Å². The van der Waals surface area contributed by atoms with Crippen LogP contribution in [0.2, 0.25) is 0 Å². The summed E-state index contributed by atoms with van der Waals surface area (Å²) in [5, 5.41) is 0. The van der Waals surface area contributed by atoms with Crippen molar-refractivity contribution in [1.82, 2.24) is 9.80 Å². The lowest BCUT2D eigenvalue weighted by Crippen LogP contribution is -2.43. The SMILES string of the molecule is Cc1ccc(CN(C)C(=O)CN(Cc2ccco2)[C@@H]2CCS(=O)(=O)C2)cc1. The Morgan fingerprint density at radius 1 is 1.19 bits per heavy atom. The van der Waals surface area contributed by atoms with Crippen LogP contribution in [0.4, 0.5) is 0 Å². The number of amides is 1. The molecule has 1 aliphatic heterocycles. The number of sulfone groups is 1.